The molecule has 0 aliphatic heterocycles. The highest BCUT2D eigenvalue weighted by Gasteiger charge is 2.93. The largest absolute Gasteiger partial charge is 0.460 e. The van der Waals surface area contributed by atoms with Crippen LogP contribution >= 0.6 is 0 Å². The molecule has 0 spiro atoms. The van der Waals surface area contributed by atoms with E-state index in [1.165, 1.54) is 0 Å². The number of benzene rings is 1. The lowest BCUT2D eigenvalue weighted by atomic mass is 9.91. The van der Waals surface area contributed by atoms with Gasteiger partial charge in [0.1, 0.15) is 0 Å². The molecule has 0 saturated carbocycles. The van der Waals surface area contributed by atoms with Crippen LogP contribution in [0.2, 0.25) is 0 Å². The highest BCUT2D eigenvalue weighted by Crippen LogP contribution is 2.63. The number of nitrogens with two attached hydrogens (primary N) is 2. The third-order valence-corrected chi connectivity index (χ3v) is 4.01. The Hall–Kier alpha value is -2.83. The summed E-state index contributed by atoms with van der Waals surface area (Å²) < 4.78 is 227. The number of allylic oxidation sites excluding steroid dienone is 1. The van der Waals surface area contributed by atoms with Gasteiger partial charge in [-0.15, -0.1) is 0 Å². The fraction of sp³-hybridized carbons (Fsp3) is 0.467. The molecule has 1 aromatic carbocycles. The van der Waals surface area contributed by atoms with E-state index in [0.717, 1.165) is 6.07 Å². The third kappa shape index (κ3) is 4.34. The predicted octanol–water partition coefficient (Wildman–Crippen LogP) is 6.71. The van der Waals surface area contributed by atoms with E-state index >= 15 is 0 Å². The summed E-state index contributed by atoms with van der Waals surface area (Å²) in [4.78, 5) is 0. The minimum Gasteiger partial charge on any atom is -0.427 e. The van der Waals surface area contributed by atoms with E-state index in [0.29, 0.717) is 12.1 Å². The Morgan fingerprint density at radius 1 is 0.600 bits per heavy atom. The quantitative estimate of drug-likeness (QED) is 0.213. The normalized spacial score (nSPS) is 15.7. The maximum Gasteiger partial charge on any atom is 0.460 e. The average Bonchev–Trinajstić information content (AvgIpc) is 2.68. The van der Waals surface area contributed by atoms with E-state index in [2.05, 4.69) is 4.74 Å². The minimum absolute atomic E-state index is 0.404. The monoisotopic (exact) mass is 554 g/mol. The molecule has 0 bridgehead atoms. The summed E-state index contributed by atoms with van der Waals surface area (Å²) in [5, 5.41) is 0. The van der Waals surface area contributed by atoms with Gasteiger partial charge in [0.15, 0.2) is 5.75 Å². The van der Waals surface area contributed by atoms with Crippen LogP contribution in [0, 0.1) is 0 Å². The number of anilines is 2. The van der Waals surface area contributed by atoms with Crippen molar-refractivity contribution in [3.8, 4) is 5.75 Å². The zero-order valence-electron chi connectivity index (χ0n) is 15.7. The third-order valence-electron chi connectivity index (χ3n) is 4.01. The van der Waals surface area contributed by atoms with Crippen LogP contribution in [0.3, 0.4) is 0 Å². The standard InChI is InChI=1S/C15H7F17N2O/c16-7(8(17)35-6-3-4(33)1-2-5(6)34)9(18,19)10(20,21)11(22,23)12(24,25)13(26,27)14(28,29)15(30,31)32/h1-3H,33-34H2. The number of nitrogen functional groups attached to an aromatic ring is 2. The van der Waals surface area contributed by atoms with Crippen molar-refractivity contribution in [3.63, 3.8) is 0 Å². The Bertz CT molecular complexity index is 982. The van der Waals surface area contributed by atoms with E-state index in [1.807, 2.05) is 0 Å². The van der Waals surface area contributed by atoms with Crippen LogP contribution in [0.4, 0.5) is 86.0 Å². The summed E-state index contributed by atoms with van der Waals surface area (Å²) in [6, 6.07) is -1.58. The van der Waals surface area contributed by atoms with Gasteiger partial charge in [-0.1, -0.05) is 0 Å². The van der Waals surface area contributed by atoms with E-state index in [9.17, 15) is 74.6 Å². The van der Waals surface area contributed by atoms with Crippen LogP contribution < -0.4 is 16.2 Å². The molecular weight excluding hydrogens is 547 g/mol. The van der Waals surface area contributed by atoms with E-state index in [-0.39, 0.29) is 0 Å². The molecule has 0 atom stereocenters. The van der Waals surface area contributed by atoms with Gasteiger partial charge in [-0.3, -0.25) is 0 Å². The van der Waals surface area contributed by atoms with Gasteiger partial charge in [0.25, 0.3) is 0 Å². The number of alkyl halides is 15. The second-order valence-corrected chi connectivity index (χ2v) is 6.43. The number of halogens is 17. The van der Waals surface area contributed by atoms with Gasteiger partial charge < -0.3 is 16.2 Å². The number of hydrogen-bond donors (Lipinski definition) is 2. The van der Waals surface area contributed by atoms with Gasteiger partial charge in [-0.2, -0.15) is 74.6 Å². The predicted molar refractivity (Wildman–Crippen MR) is 80.9 cm³/mol. The van der Waals surface area contributed by atoms with Gasteiger partial charge in [0, 0.05) is 11.8 Å². The van der Waals surface area contributed by atoms with Crippen molar-refractivity contribution in [3.05, 3.63) is 30.0 Å². The molecule has 0 fully saturated rings. The molecule has 20 heteroatoms. The van der Waals surface area contributed by atoms with Crippen LogP contribution in [-0.4, -0.2) is 41.7 Å². The Morgan fingerprint density at radius 3 is 1.43 bits per heavy atom. The van der Waals surface area contributed by atoms with Crippen molar-refractivity contribution in [2.24, 2.45) is 0 Å². The van der Waals surface area contributed by atoms with Gasteiger partial charge in [-0.25, -0.2) is 0 Å². The Morgan fingerprint density at radius 2 is 1.00 bits per heavy atom. The lowest BCUT2D eigenvalue weighted by Crippen LogP contribution is -2.72. The van der Waals surface area contributed by atoms with Gasteiger partial charge in [-0.05, 0) is 12.1 Å². The molecular formula is C15H7F17N2O. The molecule has 0 aromatic heterocycles. The van der Waals surface area contributed by atoms with E-state index in [1.54, 1.807) is 0 Å². The van der Waals surface area contributed by atoms with Crippen molar-refractivity contribution < 1.29 is 79.4 Å². The first-order valence-electron chi connectivity index (χ1n) is 7.94. The molecule has 0 radical (unpaired) electrons. The molecule has 1 rings (SSSR count). The summed E-state index contributed by atoms with van der Waals surface area (Å²) >= 11 is 0. The molecule has 0 saturated heterocycles. The molecule has 202 valence electrons. The summed E-state index contributed by atoms with van der Waals surface area (Å²) in [5.74, 6) is -55.6. The molecule has 0 amide bonds. The summed E-state index contributed by atoms with van der Waals surface area (Å²) in [5.41, 5.74) is 8.96. The van der Waals surface area contributed by atoms with Crippen LogP contribution in [0.5, 0.6) is 5.75 Å². The highest BCUT2D eigenvalue weighted by atomic mass is 19.4. The Balaban J connectivity index is 3.63. The van der Waals surface area contributed by atoms with Gasteiger partial charge in [0.05, 0.1) is 5.69 Å². The van der Waals surface area contributed by atoms with Crippen molar-refractivity contribution in [1.82, 2.24) is 0 Å². The maximum atomic E-state index is 13.6. The minimum atomic E-state index is -8.65. The topological polar surface area (TPSA) is 61.3 Å². The van der Waals surface area contributed by atoms with Crippen molar-refractivity contribution in [2.45, 2.75) is 41.7 Å². The van der Waals surface area contributed by atoms with Crippen LogP contribution in [0.1, 0.15) is 0 Å². The van der Waals surface area contributed by atoms with Gasteiger partial charge >= 0.3 is 47.7 Å². The molecule has 0 heterocycles. The fourth-order valence-corrected chi connectivity index (χ4v) is 2.01. The molecule has 4 N–H and O–H groups in total. The molecule has 0 aliphatic carbocycles. The maximum absolute atomic E-state index is 13.6. The van der Waals surface area contributed by atoms with E-state index in [4.69, 9.17) is 11.5 Å². The average molecular weight is 554 g/mol. The van der Waals surface area contributed by atoms with E-state index < -0.39 is 70.7 Å². The summed E-state index contributed by atoms with van der Waals surface area (Å²) in [7, 11) is 0. The fourth-order valence-electron chi connectivity index (χ4n) is 2.01. The van der Waals surface area contributed by atoms with Crippen molar-refractivity contribution in [1.29, 1.82) is 0 Å². The van der Waals surface area contributed by atoms with Crippen molar-refractivity contribution in [2.75, 3.05) is 11.5 Å². The van der Waals surface area contributed by atoms with Gasteiger partial charge in [0.2, 0.25) is 5.83 Å². The second kappa shape index (κ2) is 8.38. The molecule has 0 unspecified atom stereocenters. The molecule has 3 nitrogen and oxygen atoms in total. The number of ether oxygens (including phenoxy) is 1. The smallest absolute Gasteiger partial charge is 0.427 e. The Kier molecular flexibility index (Phi) is 7.24. The summed E-state index contributed by atoms with van der Waals surface area (Å²) in [6.45, 7) is 0. The number of rotatable bonds is 8. The van der Waals surface area contributed by atoms with Crippen LogP contribution in [-0.2, 0) is 0 Å². The first kappa shape index (κ1) is 30.2. The lowest BCUT2D eigenvalue weighted by molar-refractivity contribution is -0.451. The highest BCUT2D eigenvalue weighted by molar-refractivity contribution is 5.60. The zero-order valence-corrected chi connectivity index (χ0v) is 15.7. The first-order chi connectivity index (χ1) is 15.2. The molecule has 35 heavy (non-hydrogen) atoms. The first-order valence-corrected chi connectivity index (χ1v) is 7.94. The van der Waals surface area contributed by atoms with Crippen LogP contribution in [0.25, 0.3) is 0 Å². The second-order valence-electron chi connectivity index (χ2n) is 6.43. The summed E-state index contributed by atoms with van der Waals surface area (Å²) in [6.07, 6.45) is -7.80. The molecule has 1 aromatic rings. The van der Waals surface area contributed by atoms with Crippen LogP contribution in [0.15, 0.2) is 30.0 Å². The SMILES string of the molecule is Nc1ccc(N)c(OC(F)=C(F)C(F)(F)C(F)(F)C(F)(F)C(F)(F)C(F)(F)C(F)(F)C(F)(F)F)c1. The Labute approximate surface area is 181 Å². The van der Waals surface area contributed by atoms with Crippen molar-refractivity contribution >= 4 is 11.4 Å². The molecule has 0 aliphatic rings. The number of hydrogen-bond acceptors (Lipinski definition) is 3. The lowest BCUT2D eigenvalue weighted by Gasteiger charge is -2.41. The zero-order chi connectivity index (χ0) is 28.2.